The first kappa shape index (κ1) is 13.0. The summed E-state index contributed by atoms with van der Waals surface area (Å²) in [4.78, 5) is 2.12. The summed E-state index contributed by atoms with van der Waals surface area (Å²) in [5.41, 5.74) is 6.37. The van der Waals surface area contributed by atoms with Gasteiger partial charge < -0.3 is 10.6 Å². The third kappa shape index (κ3) is 2.39. The quantitative estimate of drug-likeness (QED) is 0.879. The third-order valence-corrected chi connectivity index (χ3v) is 4.22. The summed E-state index contributed by atoms with van der Waals surface area (Å²) in [5, 5.41) is 0. The van der Waals surface area contributed by atoms with Gasteiger partial charge in [0, 0.05) is 25.2 Å². The molecule has 1 heterocycles. The van der Waals surface area contributed by atoms with E-state index < -0.39 is 10.0 Å². The molecule has 1 aromatic rings. The van der Waals surface area contributed by atoms with Gasteiger partial charge in [0.15, 0.2) is 0 Å². The van der Waals surface area contributed by atoms with Gasteiger partial charge in [0.25, 0.3) is 10.0 Å². The lowest BCUT2D eigenvalue weighted by Crippen LogP contribution is -2.31. The summed E-state index contributed by atoms with van der Waals surface area (Å²) in [7, 11) is -1.69. The first-order valence-corrected chi connectivity index (χ1v) is 7.27. The highest BCUT2D eigenvalue weighted by Crippen LogP contribution is 2.26. The Labute approximate surface area is 107 Å². The van der Waals surface area contributed by atoms with Gasteiger partial charge in [-0.25, -0.2) is 0 Å². The summed E-state index contributed by atoms with van der Waals surface area (Å²) in [6.07, 6.45) is 0.789. The van der Waals surface area contributed by atoms with E-state index in [1.807, 2.05) is 24.9 Å². The van der Waals surface area contributed by atoms with Gasteiger partial charge in [0.2, 0.25) is 0 Å². The lowest BCUT2D eigenvalue weighted by molar-refractivity contribution is 0.464. The second-order valence-electron chi connectivity index (χ2n) is 4.57. The van der Waals surface area contributed by atoms with Gasteiger partial charge in [-0.3, -0.25) is 0 Å². The Morgan fingerprint density at radius 2 is 2.06 bits per heavy atom. The zero-order valence-corrected chi connectivity index (χ0v) is 11.3. The largest absolute Gasteiger partial charge is 0.358 e. The fourth-order valence-corrected chi connectivity index (χ4v) is 3.12. The number of fused-ring (bicyclic) bond motifs is 1. The second-order valence-corrected chi connectivity index (χ2v) is 6.15. The van der Waals surface area contributed by atoms with Crippen molar-refractivity contribution in [2.24, 2.45) is 10.1 Å². The summed E-state index contributed by atoms with van der Waals surface area (Å²) < 4.78 is 27.6. The molecule has 0 radical (unpaired) electrons. The van der Waals surface area contributed by atoms with Crippen molar-refractivity contribution in [3.8, 4) is 0 Å². The van der Waals surface area contributed by atoms with E-state index in [1.54, 1.807) is 18.2 Å². The van der Waals surface area contributed by atoms with Crippen molar-refractivity contribution < 1.29 is 8.42 Å². The second kappa shape index (κ2) is 4.70. The van der Waals surface area contributed by atoms with Crippen molar-refractivity contribution in [3.05, 3.63) is 29.8 Å². The maximum atomic E-state index is 11.9. The van der Waals surface area contributed by atoms with Gasteiger partial charge in [-0.2, -0.15) is 8.42 Å². The molecular formula is C12H17N3O2S. The highest BCUT2D eigenvalue weighted by molar-refractivity contribution is 7.90. The predicted molar refractivity (Wildman–Crippen MR) is 71.1 cm³/mol. The fourth-order valence-electron chi connectivity index (χ4n) is 1.87. The Kier molecular flexibility index (Phi) is 3.41. The minimum absolute atomic E-state index is 0.0845. The molecule has 1 unspecified atom stereocenters. The minimum Gasteiger partial charge on any atom is -0.358 e. The lowest BCUT2D eigenvalue weighted by atomic mass is 10.2. The molecule has 1 aliphatic rings. The van der Waals surface area contributed by atoms with Gasteiger partial charge in [0.05, 0.1) is 0 Å². The molecule has 0 saturated carbocycles. The van der Waals surface area contributed by atoms with E-state index in [0.717, 1.165) is 6.42 Å². The Balaban J connectivity index is 2.30. The van der Waals surface area contributed by atoms with E-state index in [-0.39, 0.29) is 10.9 Å². The summed E-state index contributed by atoms with van der Waals surface area (Å²) in [5.74, 6) is 0.506. The van der Waals surface area contributed by atoms with Gasteiger partial charge in [-0.1, -0.05) is 12.1 Å². The van der Waals surface area contributed by atoms with Gasteiger partial charge in [-0.15, -0.1) is 4.40 Å². The van der Waals surface area contributed by atoms with Gasteiger partial charge >= 0.3 is 0 Å². The van der Waals surface area contributed by atoms with E-state index >= 15 is 0 Å². The van der Waals surface area contributed by atoms with Crippen molar-refractivity contribution >= 4 is 15.9 Å². The molecule has 5 nitrogen and oxygen atoms in total. The van der Waals surface area contributed by atoms with Crippen molar-refractivity contribution in [1.29, 1.82) is 0 Å². The van der Waals surface area contributed by atoms with Crippen LogP contribution < -0.4 is 5.73 Å². The van der Waals surface area contributed by atoms with Crippen LogP contribution in [0.2, 0.25) is 0 Å². The molecule has 0 amide bonds. The standard InChI is InChI=1S/C12H17N3O2S/c1-9(13)7-8-15(2)12-10-5-3-4-6-11(10)18(16,17)14-12/h3-6,9H,7-8,13H2,1-2H3. The molecule has 0 aliphatic carbocycles. The third-order valence-electron chi connectivity index (χ3n) is 2.89. The van der Waals surface area contributed by atoms with Crippen molar-refractivity contribution in [2.45, 2.75) is 24.3 Å². The molecule has 0 aromatic heterocycles. The molecule has 98 valence electrons. The number of nitrogens with zero attached hydrogens (tertiary/aromatic N) is 2. The first-order chi connectivity index (χ1) is 8.42. The van der Waals surface area contributed by atoms with Crippen LogP contribution in [0.4, 0.5) is 0 Å². The molecule has 0 saturated heterocycles. The number of hydrogen-bond acceptors (Lipinski definition) is 4. The van der Waals surface area contributed by atoms with Crippen LogP contribution in [0.15, 0.2) is 33.6 Å². The number of hydrogen-bond donors (Lipinski definition) is 1. The molecule has 0 bridgehead atoms. The predicted octanol–water partition coefficient (Wildman–Crippen LogP) is 0.805. The van der Waals surface area contributed by atoms with E-state index in [9.17, 15) is 8.42 Å². The van der Waals surface area contributed by atoms with E-state index in [0.29, 0.717) is 17.9 Å². The van der Waals surface area contributed by atoms with E-state index in [1.165, 1.54) is 0 Å². The van der Waals surface area contributed by atoms with Crippen molar-refractivity contribution in [2.75, 3.05) is 13.6 Å². The number of nitrogens with two attached hydrogens (primary N) is 1. The fraction of sp³-hybridized carbons (Fsp3) is 0.417. The van der Waals surface area contributed by atoms with Crippen LogP contribution >= 0.6 is 0 Å². The van der Waals surface area contributed by atoms with Crippen LogP contribution in [-0.2, 0) is 10.0 Å². The SMILES string of the molecule is CC(N)CCN(C)C1=NS(=O)(=O)c2ccccc21. The van der Waals surface area contributed by atoms with Crippen molar-refractivity contribution in [3.63, 3.8) is 0 Å². The Bertz CT molecular complexity index is 579. The highest BCUT2D eigenvalue weighted by Gasteiger charge is 2.30. The molecule has 0 spiro atoms. The topological polar surface area (TPSA) is 75.8 Å². The molecular weight excluding hydrogens is 250 g/mol. The molecule has 1 atom stereocenters. The van der Waals surface area contributed by atoms with Crippen LogP contribution in [0.5, 0.6) is 0 Å². The van der Waals surface area contributed by atoms with Crippen LogP contribution in [0.1, 0.15) is 18.9 Å². The summed E-state index contributed by atoms with van der Waals surface area (Å²) in [6, 6.07) is 6.97. The molecule has 6 heteroatoms. The monoisotopic (exact) mass is 267 g/mol. The Morgan fingerprint density at radius 3 is 2.72 bits per heavy atom. The minimum atomic E-state index is -3.52. The zero-order valence-electron chi connectivity index (χ0n) is 10.5. The van der Waals surface area contributed by atoms with Crippen LogP contribution in [0.25, 0.3) is 0 Å². The average molecular weight is 267 g/mol. The maximum Gasteiger partial charge on any atom is 0.285 e. The van der Waals surface area contributed by atoms with E-state index in [2.05, 4.69) is 4.40 Å². The Morgan fingerprint density at radius 1 is 1.39 bits per heavy atom. The van der Waals surface area contributed by atoms with Gasteiger partial charge in [0.1, 0.15) is 10.7 Å². The molecule has 1 aliphatic heterocycles. The molecule has 18 heavy (non-hydrogen) atoms. The van der Waals surface area contributed by atoms with Crippen LogP contribution in [-0.4, -0.2) is 38.8 Å². The number of rotatable bonds is 3. The molecule has 0 fully saturated rings. The summed E-state index contributed by atoms with van der Waals surface area (Å²) in [6.45, 7) is 2.61. The van der Waals surface area contributed by atoms with Crippen LogP contribution in [0.3, 0.4) is 0 Å². The normalized spacial score (nSPS) is 18.1. The summed E-state index contributed by atoms with van der Waals surface area (Å²) >= 11 is 0. The number of benzene rings is 1. The molecule has 1 aromatic carbocycles. The average Bonchev–Trinajstić information content (AvgIpc) is 2.59. The smallest absolute Gasteiger partial charge is 0.285 e. The molecule has 2 N–H and O–H groups in total. The number of sulfonamides is 1. The molecule has 2 rings (SSSR count). The van der Waals surface area contributed by atoms with Gasteiger partial charge in [-0.05, 0) is 25.5 Å². The van der Waals surface area contributed by atoms with Crippen LogP contribution in [0, 0.1) is 0 Å². The van der Waals surface area contributed by atoms with E-state index in [4.69, 9.17) is 5.73 Å². The maximum absolute atomic E-state index is 11.9. The number of amidine groups is 1. The van der Waals surface area contributed by atoms with Crippen molar-refractivity contribution in [1.82, 2.24) is 4.90 Å². The Hall–Kier alpha value is -1.40. The zero-order chi connectivity index (χ0) is 13.3. The highest BCUT2D eigenvalue weighted by atomic mass is 32.2. The lowest BCUT2D eigenvalue weighted by Gasteiger charge is -2.19. The first-order valence-electron chi connectivity index (χ1n) is 5.83.